The van der Waals surface area contributed by atoms with Crippen molar-refractivity contribution in [3.63, 3.8) is 0 Å². The van der Waals surface area contributed by atoms with Gasteiger partial charge in [0.15, 0.2) is 0 Å². The summed E-state index contributed by atoms with van der Waals surface area (Å²) in [5.74, 6) is -0.931. The monoisotopic (exact) mass is 552 g/mol. The van der Waals surface area contributed by atoms with Gasteiger partial charge in [0.25, 0.3) is 15.7 Å². The highest BCUT2D eigenvalue weighted by atomic mass is 32.2. The fraction of sp³-hybridized carbons (Fsp3) is 0.286. The minimum Gasteiger partial charge on any atom is -0.355 e. The number of sulfonamides is 1. The predicted molar refractivity (Wildman–Crippen MR) is 149 cm³/mol. The number of rotatable bonds is 12. The van der Waals surface area contributed by atoms with E-state index in [4.69, 9.17) is 0 Å². The first kappa shape index (κ1) is 29.3. The molecular formula is C28H32N4O6S. The number of carbonyl (C=O) groups is 2. The molecule has 2 amide bonds. The van der Waals surface area contributed by atoms with E-state index in [0.29, 0.717) is 13.0 Å². The van der Waals surface area contributed by atoms with Crippen LogP contribution in [-0.2, 0) is 26.2 Å². The second-order valence-corrected chi connectivity index (χ2v) is 10.8. The first-order valence-corrected chi connectivity index (χ1v) is 14.0. The van der Waals surface area contributed by atoms with E-state index >= 15 is 0 Å². The molecule has 1 atom stereocenters. The van der Waals surface area contributed by atoms with Crippen LogP contribution in [0.5, 0.6) is 0 Å². The molecule has 0 unspecified atom stereocenters. The van der Waals surface area contributed by atoms with E-state index in [1.54, 1.807) is 32.0 Å². The Hall–Kier alpha value is -4.25. The zero-order valence-corrected chi connectivity index (χ0v) is 22.9. The maximum atomic E-state index is 13.9. The molecule has 0 aliphatic carbocycles. The number of nitro benzene ring substituents is 1. The van der Waals surface area contributed by atoms with Crippen LogP contribution in [-0.4, -0.2) is 49.2 Å². The van der Waals surface area contributed by atoms with Crippen LogP contribution in [0.4, 0.5) is 11.4 Å². The molecule has 10 nitrogen and oxygen atoms in total. The predicted octanol–water partition coefficient (Wildman–Crippen LogP) is 4.04. The number of amides is 2. The standard InChI is InChI=1S/C28H32N4O6S/c1-4-26(28(34)29-5-2)30(19-22-13-11-21(3)12-14-22)27(33)20-31(23-15-17-24(18-16-23)32(35)36)39(37,38)25-9-7-6-8-10-25/h6-18,26H,4-5,19-20H2,1-3H3,(H,29,34)/t26-/m1/s1. The third-order valence-corrected chi connectivity index (χ3v) is 7.96. The number of nitrogens with one attached hydrogen (secondary N) is 1. The Morgan fingerprint density at radius 3 is 2.10 bits per heavy atom. The van der Waals surface area contributed by atoms with Crippen molar-refractivity contribution in [2.45, 2.75) is 44.7 Å². The fourth-order valence-corrected chi connectivity index (χ4v) is 5.53. The molecule has 0 heterocycles. The smallest absolute Gasteiger partial charge is 0.269 e. The molecule has 39 heavy (non-hydrogen) atoms. The Bertz CT molecular complexity index is 1390. The Balaban J connectivity index is 2.06. The van der Waals surface area contributed by atoms with Crippen LogP contribution >= 0.6 is 0 Å². The van der Waals surface area contributed by atoms with Crippen LogP contribution in [0.3, 0.4) is 0 Å². The van der Waals surface area contributed by atoms with E-state index in [1.807, 2.05) is 31.2 Å². The summed E-state index contributed by atoms with van der Waals surface area (Å²) in [5, 5.41) is 13.9. The molecule has 0 bridgehead atoms. The number of nitro groups is 1. The molecule has 0 saturated carbocycles. The molecule has 0 aliphatic heterocycles. The topological polar surface area (TPSA) is 130 Å². The highest BCUT2D eigenvalue weighted by molar-refractivity contribution is 7.92. The van der Waals surface area contributed by atoms with Crippen molar-refractivity contribution in [2.24, 2.45) is 0 Å². The van der Waals surface area contributed by atoms with E-state index in [2.05, 4.69) is 5.32 Å². The lowest BCUT2D eigenvalue weighted by Crippen LogP contribution is -2.52. The van der Waals surface area contributed by atoms with Gasteiger partial charge in [-0.15, -0.1) is 0 Å². The minimum absolute atomic E-state index is 0.0444. The SMILES string of the molecule is CCNC(=O)[C@@H](CC)N(Cc1ccc(C)cc1)C(=O)CN(c1ccc([N+](=O)[O-])cc1)S(=O)(=O)c1ccccc1. The van der Waals surface area contributed by atoms with Crippen LogP contribution in [0, 0.1) is 17.0 Å². The molecule has 3 rings (SSSR count). The Kier molecular flexibility index (Phi) is 9.78. The van der Waals surface area contributed by atoms with Crippen molar-refractivity contribution in [2.75, 3.05) is 17.4 Å². The molecule has 0 saturated heterocycles. The van der Waals surface area contributed by atoms with E-state index in [-0.39, 0.29) is 28.7 Å². The molecular weight excluding hydrogens is 520 g/mol. The maximum Gasteiger partial charge on any atom is 0.269 e. The van der Waals surface area contributed by atoms with E-state index in [1.165, 1.54) is 41.3 Å². The number of anilines is 1. The lowest BCUT2D eigenvalue weighted by Gasteiger charge is -2.33. The number of nitrogens with zero attached hydrogens (tertiary/aromatic N) is 3. The van der Waals surface area contributed by atoms with Gasteiger partial charge in [-0.2, -0.15) is 0 Å². The molecule has 0 spiro atoms. The third kappa shape index (κ3) is 7.20. The average molecular weight is 553 g/mol. The van der Waals surface area contributed by atoms with Crippen molar-refractivity contribution in [1.82, 2.24) is 10.2 Å². The first-order valence-electron chi connectivity index (χ1n) is 12.5. The number of aryl methyl sites for hydroxylation is 1. The molecule has 0 radical (unpaired) electrons. The average Bonchev–Trinajstić information content (AvgIpc) is 2.93. The summed E-state index contributed by atoms with van der Waals surface area (Å²) in [7, 11) is -4.24. The lowest BCUT2D eigenvalue weighted by molar-refractivity contribution is -0.384. The molecule has 11 heteroatoms. The van der Waals surface area contributed by atoms with E-state index < -0.39 is 33.4 Å². The van der Waals surface area contributed by atoms with Crippen molar-refractivity contribution < 1.29 is 22.9 Å². The number of likely N-dealkylation sites (N-methyl/N-ethyl adjacent to an activating group) is 1. The Morgan fingerprint density at radius 1 is 0.949 bits per heavy atom. The minimum atomic E-state index is -4.24. The van der Waals surface area contributed by atoms with Gasteiger partial charge in [0, 0.05) is 25.2 Å². The number of carbonyl (C=O) groups excluding carboxylic acids is 2. The molecule has 3 aromatic carbocycles. The summed E-state index contributed by atoms with van der Waals surface area (Å²) in [6, 6.07) is 19.2. The lowest BCUT2D eigenvalue weighted by atomic mass is 10.1. The zero-order chi connectivity index (χ0) is 28.6. The summed E-state index contributed by atoms with van der Waals surface area (Å²) in [6.07, 6.45) is 0.312. The van der Waals surface area contributed by atoms with Gasteiger partial charge in [0.2, 0.25) is 11.8 Å². The van der Waals surface area contributed by atoms with E-state index in [0.717, 1.165) is 15.4 Å². The van der Waals surface area contributed by atoms with Crippen molar-refractivity contribution in [3.8, 4) is 0 Å². The van der Waals surface area contributed by atoms with Gasteiger partial charge in [0.05, 0.1) is 15.5 Å². The Morgan fingerprint density at radius 2 is 1.56 bits per heavy atom. The van der Waals surface area contributed by atoms with Gasteiger partial charge in [-0.3, -0.25) is 24.0 Å². The highest BCUT2D eigenvalue weighted by Gasteiger charge is 2.33. The summed E-state index contributed by atoms with van der Waals surface area (Å²) in [5.41, 5.74) is 1.68. The van der Waals surface area contributed by atoms with Crippen molar-refractivity contribution >= 4 is 33.2 Å². The normalized spacial score (nSPS) is 11.9. The van der Waals surface area contributed by atoms with Gasteiger partial charge in [-0.05, 0) is 50.1 Å². The zero-order valence-electron chi connectivity index (χ0n) is 22.1. The van der Waals surface area contributed by atoms with Crippen LogP contribution in [0.15, 0.2) is 83.8 Å². The van der Waals surface area contributed by atoms with Gasteiger partial charge in [0.1, 0.15) is 12.6 Å². The maximum absolute atomic E-state index is 13.9. The van der Waals surface area contributed by atoms with Crippen LogP contribution in [0.2, 0.25) is 0 Å². The summed E-state index contributed by atoms with van der Waals surface area (Å²) in [6.45, 7) is 5.35. The number of non-ortho nitro benzene ring substituents is 1. The van der Waals surface area contributed by atoms with E-state index in [9.17, 15) is 28.1 Å². The molecule has 3 aromatic rings. The van der Waals surface area contributed by atoms with Crippen molar-refractivity contribution in [3.05, 3.63) is 100 Å². The Labute approximate surface area is 228 Å². The fourth-order valence-electron chi connectivity index (χ4n) is 4.09. The highest BCUT2D eigenvalue weighted by Crippen LogP contribution is 2.26. The van der Waals surface area contributed by atoms with Gasteiger partial charge in [-0.25, -0.2) is 8.42 Å². The van der Waals surface area contributed by atoms with Gasteiger partial charge < -0.3 is 10.2 Å². The molecule has 0 fully saturated rings. The van der Waals surface area contributed by atoms with Crippen molar-refractivity contribution in [1.29, 1.82) is 0 Å². The largest absolute Gasteiger partial charge is 0.355 e. The quantitative estimate of drug-likeness (QED) is 0.267. The molecule has 1 N–H and O–H groups in total. The second kappa shape index (κ2) is 13.0. The van der Waals surface area contributed by atoms with Crippen LogP contribution in [0.25, 0.3) is 0 Å². The molecule has 0 aliphatic rings. The third-order valence-electron chi connectivity index (χ3n) is 6.17. The number of hydrogen-bond acceptors (Lipinski definition) is 6. The van der Waals surface area contributed by atoms with Gasteiger partial charge >= 0.3 is 0 Å². The number of hydrogen-bond donors (Lipinski definition) is 1. The molecule has 0 aromatic heterocycles. The summed E-state index contributed by atoms with van der Waals surface area (Å²) < 4.78 is 28.4. The summed E-state index contributed by atoms with van der Waals surface area (Å²) >= 11 is 0. The van der Waals surface area contributed by atoms with Crippen LogP contribution in [0.1, 0.15) is 31.4 Å². The first-order chi connectivity index (χ1) is 18.6. The van der Waals surface area contributed by atoms with Gasteiger partial charge in [-0.1, -0.05) is 55.0 Å². The molecule has 206 valence electrons. The number of benzene rings is 3. The summed E-state index contributed by atoms with van der Waals surface area (Å²) in [4.78, 5) is 38.7. The second-order valence-electron chi connectivity index (χ2n) is 8.92. The van der Waals surface area contributed by atoms with Crippen LogP contribution < -0.4 is 9.62 Å².